The van der Waals surface area contributed by atoms with E-state index in [0.29, 0.717) is 20.7 Å². The normalized spacial score (nSPS) is 13.2. The molecule has 5 nitrogen and oxygen atoms in total. The molecule has 0 atom stereocenters. The number of nitrogens with one attached hydrogen (secondary N) is 1. The first-order valence-electron chi connectivity index (χ1n) is 7.44. The van der Waals surface area contributed by atoms with Crippen LogP contribution in [0, 0.1) is 5.41 Å². The summed E-state index contributed by atoms with van der Waals surface area (Å²) in [6.07, 6.45) is 3.20. The van der Waals surface area contributed by atoms with E-state index >= 15 is 0 Å². The molecule has 0 aliphatic heterocycles. The van der Waals surface area contributed by atoms with Gasteiger partial charge >= 0.3 is 0 Å². The molecule has 1 aromatic carbocycles. The topological polar surface area (TPSA) is 68.4 Å². The average Bonchev–Trinajstić information content (AvgIpc) is 2.85. The van der Waals surface area contributed by atoms with Crippen molar-refractivity contribution in [1.82, 2.24) is 4.98 Å². The van der Waals surface area contributed by atoms with Crippen molar-refractivity contribution in [2.75, 3.05) is 14.2 Å². The second kappa shape index (κ2) is 7.05. The minimum Gasteiger partial charge on any atom is -0.493 e. The number of para-hydroxylation sites is 1. The molecule has 0 fully saturated rings. The van der Waals surface area contributed by atoms with E-state index in [-0.39, 0.29) is 11.3 Å². The van der Waals surface area contributed by atoms with Crippen LogP contribution in [0.3, 0.4) is 0 Å². The fraction of sp³-hybridized carbons (Fsp3) is 0.333. The van der Waals surface area contributed by atoms with Gasteiger partial charge < -0.3 is 14.5 Å². The number of thiazole rings is 1. The Morgan fingerprint density at radius 3 is 2.50 bits per heavy atom. The van der Waals surface area contributed by atoms with Gasteiger partial charge in [0.15, 0.2) is 17.3 Å². The number of aromatic amines is 1. The summed E-state index contributed by atoms with van der Waals surface area (Å²) in [5.41, 5.74) is 0.0107. The molecule has 1 heterocycles. The number of hydrogen-bond acceptors (Lipinski definition) is 5. The zero-order valence-corrected chi connectivity index (χ0v) is 15.2. The number of Topliss-reactive ketones (excluding diaryl/α,β-unsaturated/α-hetero) is 1. The summed E-state index contributed by atoms with van der Waals surface area (Å²) < 4.78 is 11.7. The average molecular weight is 347 g/mol. The lowest BCUT2D eigenvalue weighted by Crippen LogP contribution is -2.22. The number of rotatable bonds is 4. The Morgan fingerprint density at radius 2 is 1.92 bits per heavy atom. The lowest BCUT2D eigenvalue weighted by molar-refractivity contribution is -0.119. The van der Waals surface area contributed by atoms with E-state index < -0.39 is 5.41 Å². The highest BCUT2D eigenvalue weighted by atomic mass is 32.1. The largest absolute Gasteiger partial charge is 0.493 e. The van der Waals surface area contributed by atoms with Crippen LogP contribution in [0.5, 0.6) is 11.5 Å². The number of carbonyl (C=O) groups is 1. The van der Waals surface area contributed by atoms with Gasteiger partial charge in [0.25, 0.3) is 5.56 Å². The Morgan fingerprint density at radius 1 is 1.21 bits per heavy atom. The van der Waals surface area contributed by atoms with Crippen LogP contribution in [0.25, 0.3) is 12.2 Å². The number of hydrogen-bond donors (Lipinski definition) is 1. The van der Waals surface area contributed by atoms with Crippen molar-refractivity contribution < 1.29 is 14.3 Å². The van der Waals surface area contributed by atoms with Crippen LogP contribution < -0.4 is 24.2 Å². The first-order valence-corrected chi connectivity index (χ1v) is 8.26. The van der Waals surface area contributed by atoms with Crippen molar-refractivity contribution in [2.24, 2.45) is 5.41 Å². The van der Waals surface area contributed by atoms with Gasteiger partial charge in [-0.25, -0.2) is 0 Å². The SMILES string of the molecule is COc1cccc(/C=c2\s/c(=C\C(=O)C(C)(C)C)[nH]c2=O)c1OC. The number of methoxy groups -OCH3 is 2. The number of ether oxygens (including phenoxy) is 2. The van der Waals surface area contributed by atoms with Gasteiger partial charge in [0.1, 0.15) is 0 Å². The van der Waals surface area contributed by atoms with Gasteiger partial charge in [-0.1, -0.05) is 32.9 Å². The fourth-order valence-electron chi connectivity index (χ4n) is 2.03. The Bertz CT molecular complexity index is 916. The molecule has 0 saturated carbocycles. The van der Waals surface area contributed by atoms with Crippen molar-refractivity contribution in [3.8, 4) is 11.5 Å². The van der Waals surface area contributed by atoms with Crippen LogP contribution in [-0.2, 0) is 4.79 Å². The minimum atomic E-state index is -0.485. The molecule has 0 radical (unpaired) electrons. The maximum absolute atomic E-state index is 12.1. The highest BCUT2D eigenvalue weighted by Crippen LogP contribution is 2.30. The number of ketones is 1. The molecular weight excluding hydrogens is 326 g/mol. The predicted molar refractivity (Wildman–Crippen MR) is 96.2 cm³/mol. The third-order valence-electron chi connectivity index (χ3n) is 3.40. The minimum absolute atomic E-state index is 0.0366. The van der Waals surface area contributed by atoms with E-state index in [1.165, 1.54) is 17.4 Å². The molecular formula is C18H21NO4S. The van der Waals surface area contributed by atoms with Gasteiger partial charge in [-0.2, -0.15) is 0 Å². The quantitative estimate of drug-likeness (QED) is 0.914. The van der Waals surface area contributed by atoms with Crippen LogP contribution in [0.15, 0.2) is 23.0 Å². The van der Waals surface area contributed by atoms with Crippen LogP contribution in [-0.4, -0.2) is 25.0 Å². The molecule has 128 valence electrons. The van der Waals surface area contributed by atoms with Crippen LogP contribution in [0.2, 0.25) is 0 Å². The maximum atomic E-state index is 12.1. The standard InChI is InChI=1S/C18H21NO4S/c1-18(2,3)14(20)10-15-19-17(21)13(24-15)9-11-7-6-8-12(22-4)16(11)23-5/h6-10H,1-5H3,(H,19,21)/b13-9-,15-10-. The van der Waals surface area contributed by atoms with E-state index in [0.717, 1.165) is 5.56 Å². The second-order valence-electron chi connectivity index (χ2n) is 6.27. The Kier molecular flexibility index (Phi) is 5.29. The molecule has 0 saturated heterocycles. The molecule has 2 aromatic rings. The van der Waals surface area contributed by atoms with E-state index in [4.69, 9.17) is 9.47 Å². The molecule has 0 bridgehead atoms. The molecule has 6 heteroatoms. The van der Waals surface area contributed by atoms with Gasteiger partial charge in [-0.15, -0.1) is 11.3 Å². The number of carbonyl (C=O) groups excluding carboxylic acids is 1. The molecule has 24 heavy (non-hydrogen) atoms. The molecule has 0 aliphatic carbocycles. The van der Waals surface area contributed by atoms with Crippen LogP contribution in [0.4, 0.5) is 0 Å². The van der Waals surface area contributed by atoms with E-state index in [2.05, 4.69) is 4.98 Å². The number of aromatic nitrogens is 1. The van der Waals surface area contributed by atoms with Crippen LogP contribution in [0.1, 0.15) is 26.3 Å². The zero-order chi connectivity index (χ0) is 17.9. The summed E-state index contributed by atoms with van der Waals surface area (Å²) in [7, 11) is 3.11. The van der Waals surface area contributed by atoms with E-state index in [1.54, 1.807) is 26.4 Å². The third-order valence-corrected chi connectivity index (χ3v) is 4.36. The van der Waals surface area contributed by atoms with Crippen molar-refractivity contribution in [2.45, 2.75) is 20.8 Å². The summed E-state index contributed by atoms with van der Waals surface area (Å²) in [4.78, 5) is 26.9. The van der Waals surface area contributed by atoms with Crippen molar-refractivity contribution in [3.05, 3.63) is 43.3 Å². The Hall–Kier alpha value is -2.34. The monoisotopic (exact) mass is 347 g/mol. The van der Waals surface area contributed by atoms with Gasteiger partial charge in [0.2, 0.25) is 0 Å². The van der Waals surface area contributed by atoms with E-state index in [1.807, 2.05) is 32.9 Å². The fourth-order valence-corrected chi connectivity index (χ4v) is 2.90. The van der Waals surface area contributed by atoms with Crippen molar-refractivity contribution >= 4 is 29.3 Å². The molecule has 2 rings (SSSR count). The first-order chi connectivity index (χ1) is 11.3. The maximum Gasteiger partial charge on any atom is 0.266 e. The molecule has 1 aromatic heterocycles. The molecule has 0 spiro atoms. The predicted octanol–water partition coefficient (Wildman–Crippen LogP) is 1.68. The Balaban J connectivity index is 2.56. The third kappa shape index (κ3) is 3.94. The molecule has 0 amide bonds. The summed E-state index contributed by atoms with van der Waals surface area (Å²) in [6.45, 7) is 5.52. The number of benzene rings is 1. The Labute approximate surface area is 144 Å². The molecule has 0 unspecified atom stereocenters. The summed E-state index contributed by atoms with van der Waals surface area (Å²) in [6, 6.07) is 5.45. The lowest BCUT2D eigenvalue weighted by atomic mass is 9.91. The number of H-pyrrole nitrogens is 1. The smallest absolute Gasteiger partial charge is 0.266 e. The van der Waals surface area contributed by atoms with E-state index in [9.17, 15) is 9.59 Å². The molecule has 1 N–H and O–H groups in total. The van der Waals surface area contributed by atoms with Crippen LogP contribution >= 0.6 is 11.3 Å². The van der Waals surface area contributed by atoms with Gasteiger partial charge in [0.05, 0.1) is 23.4 Å². The lowest BCUT2D eigenvalue weighted by Gasteiger charge is -2.12. The van der Waals surface area contributed by atoms with Gasteiger partial charge in [-0.05, 0) is 12.1 Å². The zero-order valence-electron chi connectivity index (χ0n) is 14.4. The molecule has 0 aliphatic rings. The van der Waals surface area contributed by atoms with Crippen molar-refractivity contribution in [1.29, 1.82) is 0 Å². The first kappa shape index (κ1) is 18.0. The highest BCUT2D eigenvalue weighted by molar-refractivity contribution is 7.07. The second-order valence-corrected chi connectivity index (χ2v) is 7.35. The van der Waals surface area contributed by atoms with Gasteiger partial charge in [0, 0.05) is 17.1 Å². The highest BCUT2D eigenvalue weighted by Gasteiger charge is 2.18. The summed E-state index contributed by atoms with van der Waals surface area (Å²) >= 11 is 1.24. The summed E-state index contributed by atoms with van der Waals surface area (Å²) in [5, 5.41) is 0. The van der Waals surface area contributed by atoms with Gasteiger partial charge in [-0.3, -0.25) is 9.59 Å². The van der Waals surface area contributed by atoms with Crippen molar-refractivity contribution in [3.63, 3.8) is 0 Å². The summed E-state index contributed by atoms with van der Waals surface area (Å²) in [5.74, 6) is 1.11.